The van der Waals surface area contributed by atoms with Crippen molar-refractivity contribution >= 4 is 10.8 Å². The smallest absolute Gasteiger partial charge is 0.219 e. The Bertz CT molecular complexity index is 997. The van der Waals surface area contributed by atoms with E-state index in [0.717, 1.165) is 5.39 Å². The first-order chi connectivity index (χ1) is 15.0. The number of hydrogen-bond donors (Lipinski definition) is 3. The number of aliphatic hydroxyl groups excluding tert-OH is 1. The van der Waals surface area contributed by atoms with Gasteiger partial charge in [0.05, 0.1) is 20.4 Å². The average Bonchev–Trinajstić information content (AvgIpc) is 2.81. The summed E-state index contributed by atoms with van der Waals surface area (Å²) in [7, 11) is 3.17. The number of hydrogen-bond acceptors (Lipinski definition) is 8. The van der Waals surface area contributed by atoms with Crippen LogP contribution < -0.4 is 24.3 Å². The quantitative estimate of drug-likeness (QED) is 0.429. The van der Waals surface area contributed by atoms with Crippen molar-refractivity contribution in [3.63, 3.8) is 0 Å². The van der Waals surface area contributed by atoms with Gasteiger partial charge in [0, 0.05) is 29.4 Å². The number of benzene rings is 2. The lowest BCUT2D eigenvalue weighted by atomic mass is 10.1. The lowest BCUT2D eigenvalue weighted by Crippen LogP contribution is -2.39. The summed E-state index contributed by atoms with van der Waals surface area (Å²) < 4.78 is 22.1. The molecule has 31 heavy (non-hydrogen) atoms. The minimum absolute atomic E-state index is 0.0161. The van der Waals surface area contributed by atoms with Crippen molar-refractivity contribution in [2.45, 2.75) is 19.1 Å². The second-order valence-corrected chi connectivity index (χ2v) is 7.09. The highest BCUT2D eigenvalue weighted by atomic mass is 16.5. The van der Waals surface area contributed by atoms with Gasteiger partial charge in [0.2, 0.25) is 5.88 Å². The highest BCUT2D eigenvalue weighted by molar-refractivity contribution is 5.91. The molecule has 2 unspecified atom stereocenters. The first-order valence-electron chi connectivity index (χ1n) is 9.97. The van der Waals surface area contributed by atoms with Crippen LogP contribution in [0.1, 0.15) is 6.92 Å². The highest BCUT2D eigenvalue weighted by Gasteiger charge is 2.13. The molecule has 0 radical (unpaired) electrons. The summed E-state index contributed by atoms with van der Waals surface area (Å²) in [6, 6.07) is 12.6. The van der Waals surface area contributed by atoms with Gasteiger partial charge >= 0.3 is 0 Å². The third kappa shape index (κ3) is 5.90. The van der Waals surface area contributed by atoms with Crippen molar-refractivity contribution in [1.29, 1.82) is 0 Å². The number of aliphatic hydroxyl groups is 1. The number of aromatic hydroxyl groups is 1. The van der Waals surface area contributed by atoms with Crippen LogP contribution in [0.15, 0.2) is 48.7 Å². The van der Waals surface area contributed by atoms with Gasteiger partial charge in [-0.25, -0.2) is 4.98 Å². The second-order valence-electron chi connectivity index (χ2n) is 7.09. The first kappa shape index (κ1) is 22.5. The number of fused-ring (bicyclic) bond motifs is 1. The van der Waals surface area contributed by atoms with E-state index in [2.05, 4.69) is 10.3 Å². The molecular formula is C23H28N2O6. The minimum atomic E-state index is -0.731. The van der Waals surface area contributed by atoms with Crippen LogP contribution in [0.4, 0.5) is 0 Å². The highest BCUT2D eigenvalue weighted by Crippen LogP contribution is 2.31. The number of methoxy groups -OCH3 is 2. The third-order valence-corrected chi connectivity index (χ3v) is 4.73. The van der Waals surface area contributed by atoms with Crippen molar-refractivity contribution in [1.82, 2.24) is 10.3 Å². The summed E-state index contributed by atoms with van der Waals surface area (Å²) >= 11 is 0. The number of rotatable bonds is 11. The summed E-state index contributed by atoms with van der Waals surface area (Å²) in [5.74, 6) is 2.36. The number of nitrogens with zero attached hydrogens (tertiary/aromatic N) is 1. The van der Waals surface area contributed by atoms with Crippen molar-refractivity contribution in [2.24, 2.45) is 0 Å². The van der Waals surface area contributed by atoms with E-state index in [0.29, 0.717) is 41.5 Å². The van der Waals surface area contributed by atoms with Crippen LogP contribution in [-0.4, -0.2) is 61.3 Å². The fourth-order valence-corrected chi connectivity index (χ4v) is 3.02. The molecule has 0 spiro atoms. The summed E-state index contributed by atoms with van der Waals surface area (Å²) in [5.41, 5.74) is 0. The number of nitrogens with one attached hydrogen (secondary N) is 1. The molecule has 0 aliphatic heterocycles. The van der Waals surface area contributed by atoms with Gasteiger partial charge < -0.3 is 34.5 Å². The molecule has 3 N–H and O–H groups in total. The molecule has 1 heterocycles. The summed E-state index contributed by atoms with van der Waals surface area (Å²) in [5, 5.41) is 24.7. The molecule has 2 aromatic carbocycles. The van der Waals surface area contributed by atoms with Gasteiger partial charge in [-0.3, -0.25) is 0 Å². The molecule has 3 rings (SSSR count). The van der Waals surface area contributed by atoms with Gasteiger partial charge in [-0.1, -0.05) is 18.2 Å². The van der Waals surface area contributed by atoms with E-state index in [-0.39, 0.29) is 18.5 Å². The summed E-state index contributed by atoms with van der Waals surface area (Å²) in [6.07, 6.45) is 0.724. The maximum atomic E-state index is 10.3. The van der Waals surface area contributed by atoms with E-state index < -0.39 is 6.10 Å². The van der Waals surface area contributed by atoms with Crippen LogP contribution in [-0.2, 0) is 0 Å². The molecule has 3 aromatic rings. The van der Waals surface area contributed by atoms with E-state index in [1.807, 2.05) is 25.1 Å². The molecule has 0 bridgehead atoms. The van der Waals surface area contributed by atoms with Gasteiger partial charge in [-0.05, 0) is 25.1 Å². The zero-order valence-corrected chi connectivity index (χ0v) is 17.9. The molecule has 0 aliphatic rings. The minimum Gasteiger partial charge on any atom is -0.497 e. The maximum Gasteiger partial charge on any atom is 0.219 e. The van der Waals surface area contributed by atoms with Gasteiger partial charge in [-0.2, -0.15) is 0 Å². The summed E-state index contributed by atoms with van der Waals surface area (Å²) in [4.78, 5) is 3.94. The fourth-order valence-electron chi connectivity index (χ4n) is 3.02. The predicted octanol–water partition coefficient (Wildman–Crippen LogP) is 2.75. The molecule has 0 saturated heterocycles. The fraction of sp³-hybridized carbons (Fsp3) is 0.348. The van der Waals surface area contributed by atoms with E-state index >= 15 is 0 Å². The van der Waals surface area contributed by atoms with Crippen molar-refractivity contribution in [2.75, 3.05) is 34.0 Å². The number of ether oxygens (including phenoxy) is 4. The van der Waals surface area contributed by atoms with E-state index in [4.69, 9.17) is 18.9 Å². The van der Waals surface area contributed by atoms with E-state index in [1.54, 1.807) is 38.5 Å². The molecule has 0 amide bonds. The second kappa shape index (κ2) is 10.7. The molecule has 0 saturated carbocycles. The molecule has 8 heteroatoms. The molecular weight excluding hydrogens is 400 g/mol. The maximum absolute atomic E-state index is 10.3. The van der Waals surface area contributed by atoms with Crippen molar-refractivity contribution < 1.29 is 29.2 Å². The molecule has 8 nitrogen and oxygen atoms in total. The standard InChI is InChI=1S/C23H28N2O6/c1-15(13-30-20-9-8-17(28-2)10-21(20)29-3)24-11-16(26)14-31-22-12-25-23(27)19-7-5-4-6-18(19)22/h4-10,12,15-16,24,26H,11,13-14H2,1-3H3,(H,25,27). The van der Waals surface area contributed by atoms with E-state index in [9.17, 15) is 10.2 Å². The van der Waals surface area contributed by atoms with E-state index in [1.165, 1.54) is 6.20 Å². The van der Waals surface area contributed by atoms with Gasteiger partial charge in [-0.15, -0.1) is 0 Å². The van der Waals surface area contributed by atoms with Crippen LogP contribution >= 0.6 is 0 Å². The third-order valence-electron chi connectivity index (χ3n) is 4.73. The topological polar surface area (TPSA) is 102 Å². The van der Waals surface area contributed by atoms with Crippen molar-refractivity contribution in [3.05, 3.63) is 48.7 Å². The van der Waals surface area contributed by atoms with Gasteiger partial charge in [0.15, 0.2) is 11.5 Å². The Morgan fingerprint density at radius 3 is 2.42 bits per heavy atom. The lowest BCUT2D eigenvalue weighted by Gasteiger charge is -2.19. The number of pyridine rings is 1. The molecule has 166 valence electrons. The normalized spacial score (nSPS) is 12.9. The SMILES string of the molecule is COc1ccc(OCC(C)NCC(O)COc2cnc(O)c3ccccc23)c(OC)c1. The Morgan fingerprint density at radius 2 is 1.68 bits per heavy atom. The van der Waals surface area contributed by atoms with Gasteiger partial charge in [0.25, 0.3) is 0 Å². The molecule has 2 atom stereocenters. The van der Waals surface area contributed by atoms with Crippen LogP contribution in [0.2, 0.25) is 0 Å². The van der Waals surface area contributed by atoms with Crippen LogP contribution in [0.25, 0.3) is 10.8 Å². The van der Waals surface area contributed by atoms with Crippen molar-refractivity contribution in [3.8, 4) is 28.9 Å². The van der Waals surface area contributed by atoms with Crippen LogP contribution in [0, 0.1) is 0 Å². The largest absolute Gasteiger partial charge is 0.497 e. The predicted molar refractivity (Wildman–Crippen MR) is 117 cm³/mol. The average molecular weight is 428 g/mol. The lowest BCUT2D eigenvalue weighted by molar-refractivity contribution is 0.102. The zero-order valence-electron chi connectivity index (χ0n) is 17.9. The Hall–Kier alpha value is -3.23. The van der Waals surface area contributed by atoms with Gasteiger partial charge in [0.1, 0.15) is 30.8 Å². The Kier molecular flexibility index (Phi) is 7.75. The molecule has 0 aliphatic carbocycles. The molecule has 1 aromatic heterocycles. The Labute approximate surface area is 181 Å². The molecule has 0 fully saturated rings. The van der Waals surface area contributed by atoms with Crippen LogP contribution in [0.5, 0.6) is 28.9 Å². The Morgan fingerprint density at radius 1 is 0.935 bits per heavy atom. The monoisotopic (exact) mass is 428 g/mol. The van der Waals surface area contributed by atoms with Crippen LogP contribution in [0.3, 0.4) is 0 Å². The Balaban J connectivity index is 1.46. The summed E-state index contributed by atoms with van der Waals surface area (Å²) in [6.45, 7) is 2.76. The zero-order chi connectivity index (χ0) is 22.2. The number of aromatic nitrogens is 1. The first-order valence-corrected chi connectivity index (χ1v) is 9.97.